The number of carbonyl (C=O) groups is 1. The monoisotopic (exact) mass is 223 g/mol. The molecule has 1 aromatic heterocycles. The highest BCUT2D eigenvalue weighted by atomic mass is 16.4. The van der Waals surface area contributed by atoms with Gasteiger partial charge in [0.2, 0.25) is 0 Å². The average Bonchev–Trinajstić information content (AvgIpc) is 2.47. The van der Waals surface area contributed by atoms with Gasteiger partial charge >= 0.3 is 5.97 Å². The first-order chi connectivity index (χ1) is 7.59. The van der Waals surface area contributed by atoms with Crippen molar-refractivity contribution in [3.8, 4) is 0 Å². The summed E-state index contributed by atoms with van der Waals surface area (Å²) >= 11 is 0. The van der Waals surface area contributed by atoms with Gasteiger partial charge in [0.1, 0.15) is 0 Å². The van der Waals surface area contributed by atoms with Crippen LogP contribution in [0.25, 0.3) is 0 Å². The van der Waals surface area contributed by atoms with Crippen molar-refractivity contribution in [1.29, 1.82) is 0 Å². The van der Waals surface area contributed by atoms with E-state index < -0.39 is 5.97 Å². The highest BCUT2D eigenvalue weighted by Crippen LogP contribution is 2.27. The second kappa shape index (κ2) is 4.25. The van der Waals surface area contributed by atoms with Crippen LogP contribution in [0.3, 0.4) is 0 Å². The Bertz CT molecular complexity index is 400. The fourth-order valence-corrected chi connectivity index (χ4v) is 2.00. The molecule has 0 aromatic carbocycles. The van der Waals surface area contributed by atoms with Crippen LogP contribution in [-0.2, 0) is 18.4 Å². The Kier molecular flexibility index (Phi) is 2.96. The molecule has 2 atom stereocenters. The molecule has 0 aliphatic heterocycles. The smallest absolute Gasteiger partial charge is 0.308 e. The number of hydrogen-bond donors (Lipinski definition) is 2. The van der Waals surface area contributed by atoms with Crippen molar-refractivity contribution in [1.82, 2.24) is 15.1 Å². The predicted octanol–water partition coefficient (Wildman–Crippen LogP) is 0.681. The maximum atomic E-state index is 10.8. The minimum Gasteiger partial charge on any atom is -0.481 e. The molecule has 5 heteroatoms. The molecule has 88 valence electrons. The normalized spacial score (nSPS) is 24.1. The van der Waals surface area contributed by atoms with E-state index in [0.29, 0.717) is 6.54 Å². The lowest BCUT2D eigenvalue weighted by Gasteiger charge is -2.34. The molecule has 0 spiro atoms. The highest BCUT2D eigenvalue weighted by Gasteiger charge is 2.36. The topological polar surface area (TPSA) is 67.2 Å². The summed E-state index contributed by atoms with van der Waals surface area (Å²) < 4.78 is 1.83. The van der Waals surface area contributed by atoms with Crippen LogP contribution in [0.1, 0.15) is 24.1 Å². The number of aromatic nitrogens is 2. The maximum Gasteiger partial charge on any atom is 0.308 e. The number of aryl methyl sites for hydroxylation is 1. The Morgan fingerprint density at radius 1 is 1.69 bits per heavy atom. The third-order valence-electron chi connectivity index (χ3n) is 3.48. The molecular formula is C11H17N3O2. The van der Waals surface area contributed by atoms with Crippen LogP contribution in [0.4, 0.5) is 0 Å². The van der Waals surface area contributed by atoms with E-state index in [1.54, 1.807) is 0 Å². The van der Waals surface area contributed by atoms with Gasteiger partial charge in [-0.15, -0.1) is 0 Å². The van der Waals surface area contributed by atoms with Gasteiger partial charge in [-0.25, -0.2) is 0 Å². The molecule has 1 aromatic rings. The summed E-state index contributed by atoms with van der Waals surface area (Å²) in [5.41, 5.74) is 2.26. The van der Waals surface area contributed by atoms with E-state index in [1.807, 2.05) is 24.9 Å². The van der Waals surface area contributed by atoms with E-state index in [2.05, 4.69) is 10.4 Å². The zero-order valence-electron chi connectivity index (χ0n) is 9.60. The van der Waals surface area contributed by atoms with E-state index in [9.17, 15) is 4.79 Å². The number of nitrogens with zero attached hydrogens (tertiary/aromatic N) is 2. The van der Waals surface area contributed by atoms with E-state index in [1.165, 1.54) is 0 Å². The third kappa shape index (κ3) is 1.95. The fourth-order valence-electron chi connectivity index (χ4n) is 2.00. The molecule has 0 saturated heterocycles. The summed E-state index contributed by atoms with van der Waals surface area (Å²) in [7, 11) is 1.90. The first kappa shape index (κ1) is 11.1. The quantitative estimate of drug-likeness (QED) is 0.787. The van der Waals surface area contributed by atoms with Gasteiger partial charge in [-0.2, -0.15) is 5.10 Å². The molecular weight excluding hydrogens is 206 g/mol. The number of aliphatic carboxylic acids is 1. The average molecular weight is 223 g/mol. The van der Waals surface area contributed by atoms with Gasteiger partial charge in [0, 0.05) is 30.9 Å². The standard InChI is InChI=1S/C11H17N3O2/c1-7-8(6-13-14(7)2)5-12-10-4-3-9(10)11(15)16/h6,9-10,12H,3-5H2,1-2H3,(H,15,16). The molecule has 0 radical (unpaired) electrons. The second-order valence-electron chi connectivity index (χ2n) is 4.39. The number of carboxylic acid groups (broad SMARTS) is 1. The van der Waals surface area contributed by atoms with Gasteiger partial charge in [-0.1, -0.05) is 0 Å². The molecule has 1 heterocycles. The number of rotatable bonds is 4. The van der Waals surface area contributed by atoms with Gasteiger partial charge in [-0.3, -0.25) is 9.48 Å². The molecule has 16 heavy (non-hydrogen) atoms. The minimum absolute atomic E-state index is 0.122. The Morgan fingerprint density at radius 3 is 2.88 bits per heavy atom. The molecule has 5 nitrogen and oxygen atoms in total. The first-order valence-electron chi connectivity index (χ1n) is 5.53. The molecule has 0 bridgehead atoms. The molecule has 2 rings (SSSR count). The van der Waals surface area contributed by atoms with Crippen molar-refractivity contribution in [2.24, 2.45) is 13.0 Å². The SMILES string of the molecule is Cc1c(CNC2CCC2C(=O)O)cnn1C. The molecule has 2 N–H and O–H groups in total. The summed E-state index contributed by atoms with van der Waals surface area (Å²) in [4.78, 5) is 10.8. The fraction of sp³-hybridized carbons (Fsp3) is 0.636. The lowest BCUT2D eigenvalue weighted by molar-refractivity contribution is -0.146. The molecule has 2 unspecified atom stereocenters. The van der Waals surface area contributed by atoms with E-state index in [0.717, 1.165) is 24.1 Å². The maximum absolute atomic E-state index is 10.8. The lowest BCUT2D eigenvalue weighted by Crippen LogP contribution is -2.47. The third-order valence-corrected chi connectivity index (χ3v) is 3.48. The zero-order chi connectivity index (χ0) is 11.7. The van der Waals surface area contributed by atoms with E-state index in [4.69, 9.17) is 5.11 Å². The van der Waals surface area contributed by atoms with Crippen LogP contribution in [0.5, 0.6) is 0 Å². The van der Waals surface area contributed by atoms with Crippen molar-refractivity contribution >= 4 is 5.97 Å². The Morgan fingerprint density at radius 2 is 2.44 bits per heavy atom. The van der Waals surface area contributed by atoms with Crippen molar-refractivity contribution in [3.63, 3.8) is 0 Å². The largest absolute Gasteiger partial charge is 0.481 e. The summed E-state index contributed by atoms with van der Waals surface area (Å²) in [5.74, 6) is -0.899. The number of hydrogen-bond acceptors (Lipinski definition) is 3. The van der Waals surface area contributed by atoms with Crippen molar-refractivity contribution in [2.75, 3.05) is 0 Å². The van der Waals surface area contributed by atoms with E-state index >= 15 is 0 Å². The number of nitrogens with one attached hydrogen (secondary N) is 1. The summed E-state index contributed by atoms with van der Waals surface area (Å²) in [5, 5.41) is 16.3. The van der Waals surface area contributed by atoms with Crippen molar-refractivity contribution in [2.45, 2.75) is 32.4 Å². The molecule has 1 fully saturated rings. The van der Waals surface area contributed by atoms with Crippen molar-refractivity contribution in [3.05, 3.63) is 17.5 Å². The summed E-state index contributed by atoms with van der Waals surface area (Å²) in [6.07, 6.45) is 3.58. The number of carboxylic acids is 1. The van der Waals surface area contributed by atoms with Crippen LogP contribution in [-0.4, -0.2) is 26.9 Å². The predicted molar refractivity (Wildman–Crippen MR) is 58.9 cm³/mol. The van der Waals surface area contributed by atoms with Crippen LogP contribution < -0.4 is 5.32 Å². The first-order valence-corrected chi connectivity index (χ1v) is 5.53. The molecule has 1 saturated carbocycles. The Labute approximate surface area is 94.5 Å². The van der Waals surface area contributed by atoms with Gasteiger partial charge < -0.3 is 10.4 Å². The van der Waals surface area contributed by atoms with Gasteiger partial charge in [0.15, 0.2) is 0 Å². The molecule has 1 aliphatic carbocycles. The highest BCUT2D eigenvalue weighted by molar-refractivity contribution is 5.72. The van der Waals surface area contributed by atoms with Gasteiger partial charge in [0.25, 0.3) is 0 Å². The minimum atomic E-state index is -0.688. The van der Waals surface area contributed by atoms with Gasteiger partial charge in [0.05, 0.1) is 12.1 Å². The second-order valence-corrected chi connectivity index (χ2v) is 4.39. The summed E-state index contributed by atoms with van der Waals surface area (Å²) in [6.45, 7) is 2.72. The van der Waals surface area contributed by atoms with Crippen LogP contribution in [0, 0.1) is 12.8 Å². The van der Waals surface area contributed by atoms with E-state index in [-0.39, 0.29) is 12.0 Å². The Balaban J connectivity index is 1.88. The van der Waals surface area contributed by atoms with Crippen LogP contribution >= 0.6 is 0 Å². The molecule has 0 amide bonds. The van der Waals surface area contributed by atoms with Crippen molar-refractivity contribution < 1.29 is 9.90 Å². The lowest BCUT2D eigenvalue weighted by atomic mass is 9.79. The van der Waals surface area contributed by atoms with Gasteiger partial charge in [-0.05, 0) is 19.8 Å². The Hall–Kier alpha value is -1.36. The van der Waals surface area contributed by atoms with Crippen LogP contribution in [0.15, 0.2) is 6.20 Å². The summed E-state index contributed by atoms with van der Waals surface area (Å²) in [6, 6.07) is 0.122. The molecule has 1 aliphatic rings. The zero-order valence-corrected chi connectivity index (χ0v) is 9.60. The van der Waals surface area contributed by atoms with Crippen LogP contribution in [0.2, 0.25) is 0 Å².